The summed E-state index contributed by atoms with van der Waals surface area (Å²) in [5.74, 6) is -2.40. The molecule has 2 heterocycles. The van der Waals surface area contributed by atoms with Crippen molar-refractivity contribution in [3.63, 3.8) is 0 Å². The Morgan fingerprint density at radius 2 is 1.91 bits per heavy atom. The predicted molar refractivity (Wildman–Crippen MR) is 103 cm³/mol. The van der Waals surface area contributed by atoms with Crippen LogP contribution in [-0.4, -0.2) is 54.7 Å². The van der Waals surface area contributed by atoms with E-state index in [0.29, 0.717) is 11.7 Å². The predicted octanol–water partition coefficient (Wildman–Crippen LogP) is 2.28. The molecule has 0 aliphatic rings. The van der Waals surface area contributed by atoms with Gasteiger partial charge >= 0.3 is 12.1 Å². The molecule has 0 saturated carbocycles. The molecule has 3 aromatic rings. The summed E-state index contributed by atoms with van der Waals surface area (Å²) in [6, 6.07) is 9.38. The Morgan fingerprint density at radius 3 is 2.44 bits per heavy atom. The lowest BCUT2D eigenvalue weighted by Gasteiger charge is -2.18. The molecule has 0 spiro atoms. The Balaban J connectivity index is 0.000000451. The van der Waals surface area contributed by atoms with Gasteiger partial charge in [0.25, 0.3) is 11.5 Å². The number of hydrogen-bond acceptors (Lipinski definition) is 7. The smallest absolute Gasteiger partial charge is 0.475 e. The summed E-state index contributed by atoms with van der Waals surface area (Å²) in [6.45, 7) is 4.02. The summed E-state index contributed by atoms with van der Waals surface area (Å²) in [5.41, 5.74) is 0.557. The van der Waals surface area contributed by atoms with Gasteiger partial charge in [-0.05, 0) is 0 Å². The van der Waals surface area contributed by atoms with E-state index in [-0.39, 0.29) is 30.2 Å². The summed E-state index contributed by atoms with van der Waals surface area (Å²) >= 11 is 0. The van der Waals surface area contributed by atoms with E-state index in [2.05, 4.69) is 26.7 Å². The number of nitrogens with zero attached hydrogens (tertiary/aromatic N) is 4. The van der Waals surface area contributed by atoms with Gasteiger partial charge in [0, 0.05) is 18.3 Å². The van der Waals surface area contributed by atoms with Gasteiger partial charge in [-0.2, -0.15) is 18.2 Å². The number of alkyl halides is 3. The van der Waals surface area contributed by atoms with Crippen molar-refractivity contribution in [1.29, 1.82) is 0 Å². The van der Waals surface area contributed by atoms with Gasteiger partial charge in [-0.25, -0.2) is 9.78 Å². The zero-order valence-electron chi connectivity index (χ0n) is 16.2. The second kappa shape index (κ2) is 10.7. The summed E-state index contributed by atoms with van der Waals surface area (Å²) < 4.78 is 37.0. The molecule has 13 heteroatoms. The van der Waals surface area contributed by atoms with Gasteiger partial charge in [0.05, 0.1) is 6.20 Å². The average molecular weight is 451 g/mol. The standard InChI is InChI=1S/C17H15N5O3.C2HF3O2/c1-2-8-22(17(24)13-9-19-14(23)10-18-13)11-15-20-16(21-25-15)12-6-4-3-5-7-12;3-2(4,5)1(6)7/h2-7,9-10H,1,8,11H2,(H,19,23);(H,6,7). The molecule has 1 aromatic carbocycles. The number of carboxylic acid groups (broad SMARTS) is 1. The van der Waals surface area contributed by atoms with Crippen molar-refractivity contribution < 1.29 is 32.4 Å². The number of rotatable bonds is 6. The summed E-state index contributed by atoms with van der Waals surface area (Å²) in [4.78, 5) is 44.5. The van der Waals surface area contributed by atoms with Crippen LogP contribution in [0.25, 0.3) is 11.4 Å². The maximum absolute atomic E-state index is 12.5. The van der Waals surface area contributed by atoms with Crippen LogP contribution in [0.4, 0.5) is 13.2 Å². The molecular weight excluding hydrogens is 435 g/mol. The normalized spacial score (nSPS) is 10.6. The number of carbonyl (C=O) groups excluding carboxylic acids is 1. The molecule has 0 fully saturated rings. The molecule has 0 aliphatic heterocycles. The minimum atomic E-state index is -5.08. The Hall–Kier alpha value is -4.29. The van der Waals surface area contributed by atoms with E-state index in [1.165, 1.54) is 11.1 Å². The zero-order valence-corrected chi connectivity index (χ0v) is 16.2. The molecule has 2 aromatic heterocycles. The molecule has 0 bridgehead atoms. The van der Waals surface area contributed by atoms with E-state index in [1.54, 1.807) is 6.08 Å². The number of H-pyrrole nitrogens is 1. The van der Waals surface area contributed by atoms with Crippen LogP contribution in [0.5, 0.6) is 0 Å². The third-order valence-corrected chi connectivity index (χ3v) is 3.60. The van der Waals surface area contributed by atoms with Crippen LogP contribution in [0.1, 0.15) is 16.4 Å². The molecule has 32 heavy (non-hydrogen) atoms. The van der Waals surface area contributed by atoms with Gasteiger partial charge in [0.15, 0.2) is 0 Å². The largest absolute Gasteiger partial charge is 0.490 e. The lowest BCUT2D eigenvalue weighted by Crippen LogP contribution is -2.32. The lowest BCUT2D eigenvalue weighted by atomic mass is 10.2. The molecular formula is C19H16F3N5O5. The SMILES string of the molecule is C=CCN(Cc1nc(-c2ccccc2)no1)C(=O)c1c[nH]c(=O)cn1.O=C(O)C(F)(F)F. The number of aromatic amines is 1. The monoisotopic (exact) mass is 451 g/mol. The van der Waals surface area contributed by atoms with E-state index in [4.69, 9.17) is 14.4 Å². The van der Waals surface area contributed by atoms with Crippen molar-refractivity contribution in [3.8, 4) is 11.4 Å². The van der Waals surface area contributed by atoms with E-state index >= 15 is 0 Å². The van der Waals surface area contributed by atoms with Crippen molar-refractivity contribution in [1.82, 2.24) is 25.0 Å². The number of aliphatic carboxylic acids is 1. The molecule has 1 amide bonds. The fourth-order valence-corrected chi connectivity index (χ4v) is 2.18. The number of halogens is 3. The molecule has 0 aliphatic carbocycles. The second-order valence-electron chi connectivity index (χ2n) is 5.95. The van der Waals surface area contributed by atoms with Crippen molar-refractivity contribution in [2.75, 3.05) is 6.54 Å². The number of carbonyl (C=O) groups is 2. The molecule has 0 atom stereocenters. The number of hydrogen-bond donors (Lipinski definition) is 2. The van der Waals surface area contributed by atoms with Crippen molar-refractivity contribution in [3.05, 3.63) is 77.3 Å². The third kappa shape index (κ3) is 6.90. The van der Waals surface area contributed by atoms with Crippen LogP contribution in [0.2, 0.25) is 0 Å². The average Bonchev–Trinajstić information content (AvgIpc) is 3.22. The van der Waals surface area contributed by atoms with Crippen LogP contribution in [0.15, 0.2) is 64.7 Å². The quantitative estimate of drug-likeness (QED) is 0.544. The van der Waals surface area contributed by atoms with E-state index in [0.717, 1.165) is 11.8 Å². The first kappa shape index (κ1) is 24.0. The maximum Gasteiger partial charge on any atom is 0.490 e. The molecule has 0 unspecified atom stereocenters. The van der Waals surface area contributed by atoms with Gasteiger partial charge in [-0.3, -0.25) is 9.59 Å². The molecule has 10 nitrogen and oxygen atoms in total. The van der Waals surface area contributed by atoms with Crippen molar-refractivity contribution >= 4 is 11.9 Å². The lowest BCUT2D eigenvalue weighted by molar-refractivity contribution is -0.192. The van der Waals surface area contributed by atoms with Gasteiger partial charge in [0.1, 0.15) is 12.2 Å². The third-order valence-electron chi connectivity index (χ3n) is 3.60. The molecule has 0 radical (unpaired) electrons. The number of amides is 1. The summed E-state index contributed by atoms with van der Waals surface area (Å²) in [6.07, 6.45) is -1.18. The highest BCUT2D eigenvalue weighted by atomic mass is 19.4. The fourth-order valence-electron chi connectivity index (χ4n) is 2.18. The van der Waals surface area contributed by atoms with E-state index < -0.39 is 12.1 Å². The van der Waals surface area contributed by atoms with Gasteiger partial charge in [-0.15, -0.1) is 6.58 Å². The van der Waals surface area contributed by atoms with Gasteiger partial charge in [0.2, 0.25) is 11.7 Å². The Kier molecular flexibility index (Phi) is 7.98. The number of aromatic nitrogens is 4. The molecule has 168 valence electrons. The highest BCUT2D eigenvalue weighted by Crippen LogP contribution is 2.16. The van der Waals surface area contributed by atoms with Crippen LogP contribution >= 0.6 is 0 Å². The highest BCUT2D eigenvalue weighted by Gasteiger charge is 2.38. The topological polar surface area (TPSA) is 142 Å². The fraction of sp³-hybridized carbons (Fsp3) is 0.158. The zero-order chi connectivity index (χ0) is 23.7. The van der Waals surface area contributed by atoms with Crippen molar-refractivity contribution in [2.45, 2.75) is 12.7 Å². The highest BCUT2D eigenvalue weighted by molar-refractivity contribution is 5.92. The van der Waals surface area contributed by atoms with Crippen LogP contribution in [-0.2, 0) is 11.3 Å². The summed E-state index contributed by atoms with van der Waals surface area (Å²) in [5, 5.41) is 11.1. The Labute approximate surface area is 178 Å². The maximum atomic E-state index is 12.5. The minimum Gasteiger partial charge on any atom is -0.475 e. The molecule has 2 N–H and O–H groups in total. The molecule has 0 saturated heterocycles. The van der Waals surface area contributed by atoms with Gasteiger partial charge < -0.3 is 19.5 Å². The molecule has 3 rings (SSSR count). The first-order valence-corrected chi connectivity index (χ1v) is 8.75. The van der Waals surface area contributed by atoms with Crippen LogP contribution < -0.4 is 5.56 Å². The van der Waals surface area contributed by atoms with Crippen LogP contribution in [0, 0.1) is 0 Å². The number of benzene rings is 1. The van der Waals surface area contributed by atoms with Crippen molar-refractivity contribution in [2.24, 2.45) is 0 Å². The first-order chi connectivity index (χ1) is 15.1. The first-order valence-electron chi connectivity index (χ1n) is 8.75. The number of carboxylic acids is 1. The minimum absolute atomic E-state index is 0.103. The number of nitrogens with one attached hydrogen (secondary N) is 1. The Bertz CT molecular complexity index is 1110. The Morgan fingerprint density at radius 1 is 1.25 bits per heavy atom. The van der Waals surface area contributed by atoms with Gasteiger partial charge in [-0.1, -0.05) is 41.6 Å². The van der Waals surface area contributed by atoms with Crippen LogP contribution in [0.3, 0.4) is 0 Å². The van der Waals surface area contributed by atoms with E-state index in [9.17, 15) is 22.8 Å². The second-order valence-corrected chi connectivity index (χ2v) is 5.95. The van der Waals surface area contributed by atoms with E-state index in [1.807, 2.05) is 30.3 Å². The summed E-state index contributed by atoms with van der Waals surface area (Å²) in [7, 11) is 0.